The van der Waals surface area contributed by atoms with E-state index in [0.29, 0.717) is 28.2 Å². The van der Waals surface area contributed by atoms with Gasteiger partial charge in [0, 0.05) is 33.6 Å². The van der Waals surface area contributed by atoms with Crippen LogP contribution < -0.4 is 0 Å². The molecule has 0 saturated heterocycles. The van der Waals surface area contributed by atoms with Gasteiger partial charge in [-0.25, -0.2) is 13.9 Å². The summed E-state index contributed by atoms with van der Waals surface area (Å²) >= 11 is 0. The molecule has 6 aromatic rings. The van der Waals surface area contributed by atoms with Crippen LogP contribution in [0.5, 0.6) is 0 Å². The molecular weight excluding hydrogens is 389 g/mol. The minimum Gasteiger partial charge on any atom is -0.360 e. The van der Waals surface area contributed by atoms with Gasteiger partial charge in [0.2, 0.25) is 0 Å². The van der Waals surface area contributed by atoms with Crippen LogP contribution in [0.1, 0.15) is 5.56 Å². The number of H-pyrrole nitrogens is 1. The van der Waals surface area contributed by atoms with Crippen molar-refractivity contribution in [3.8, 4) is 28.6 Å². The number of fused-ring (bicyclic) bond motifs is 4. The Kier molecular flexibility index (Phi) is 3.65. The normalized spacial score (nSPS) is 11.4. The van der Waals surface area contributed by atoms with Crippen LogP contribution in [0.3, 0.4) is 0 Å². The average molecular weight is 403 g/mol. The molecule has 0 bridgehead atoms. The van der Waals surface area contributed by atoms with Crippen LogP contribution in [-0.2, 0) is 0 Å². The lowest BCUT2D eigenvalue weighted by Crippen LogP contribution is -2.03. The summed E-state index contributed by atoms with van der Waals surface area (Å²) in [5, 5.41) is 16.8. The van der Waals surface area contributed by atoms with Crippen molar-refractivity contribution >= 4 is 27.5 Å². The van der Waals surface area contributed by atoms with Crippen LogP contribution in [0.2, 0.25) is 0 Å². The molecule has 6 rings (SSSR count). The highest BCUT2D eigenvalue weighted by molar-refractivity contribution is 6.00. The quantitative estimate of drug-likeness (QED) is 0.403. The first kappa shape index (κ1) is 17.4. The standard InChI is InChI=1S/C25H14FN5/c26-16-11-9-15(10-12-16)24-19(13-27)23(20-14-28-21-7-3-1-5-17(20)21)29-25-18-6-2-4-8-22(18)30-31(24)25/h1-12,14,28H. The highest BCUT2D eigenvalue weighted by Gasteiger charge is 2.22. The highest BCUT2D eigenvalue weighted by Crippen LogP contribution is 2.36. The number of aromatic nitrogens is 4. The lowest BCUT2D eigenvalue weighted by molar-refractivity contribution is 0.628. The molecule has 0 radical (unpaired) electrons. The number of benzene rings is 3. The van der Waals surface area contributed by atoms with Crippen molar-refractivity contribution in [2.24, 2.45) is 0 Å². The first-order valence-corrected chi connectivity index (χ1v) is 9.78. The summed E-state index contributed by atoms with van der Waals surface area (Å²) in [6.45, 7) is 0. The van der Waals surface area contributed by atoms with Crippen molar-refractivity contribution in [3.05, 3.63) is 90.4 Å². The number of aromatic amines is 1. The second kappa shape index (κ2) is 6.51. The third kappa shape index (κ3) is 2.54. The SMILES string of the molecule is N#Cc1c(-c2c[nH]c3ccccc23)nc2c3ccccc3nn2c1-c1ccc(F)cc1. The summed E-state index contributed by atoms with van der Waals surface area (Å²) < 4.78 is 15.3. The Bertz CT molecular complexity index is 1650. The molecule has 0 spiro atoms. The smallest absolute Gasteiger partial charge is 0.164 e. The maximum absolute atomic E-state index is 13.6. The molecule has 0 amide bonds. The average Bonchev–Trinajstić information content (AvgIpc) is 3.40. The van der Waals surface area contributed by atoms with E-state index in [1.807, 2.05) is 54.7 Å². The van der Waals surface area contributed by atoms with E-state index in [1.54, 1.807) is 16.6 Å². The van der Waals surface area contributed by atoms with Gasteiger partial charge in [0.25, 0.3) is 0 Å². The number of nitriles is 1. The van der Waals surface area contributed by atoms with E-state index in [9.17, 15) is 9.65 Å². The Hall–Kier alpha value is -4.50. The third-order valence-electron chi connectivity index (χ3n) is 5.53. The summed E-state index contributed by atoms with van der Waals surface area (Å²) in [4.78, 5) is 8.18. The molecule has 6 heteroatoms. The zero-order chi connectivity index (χ0) is 20.9. The van der Waals surface area contributed by atoms with Gasteiger partial charge in [-0.3, -0.25) is 0 Å². The molecule has 0 aliphatic rings. The van der Waals surface area contributed by atoms with E-state index in [1.165, 1.54) is 12.1 Å². The first-order chi connectivity index (χ1) is 15.2. The fraction of sp³-hybridized carbons (Fsp3) is 0. The summed E-state index contributed by atoms with van der Waals surface area (Å²) in [6.07, 6.45) is 1.87. The number of halogens is 1. The van der Waals surface area contributed by atoms with Crippen LogP contribution in [-0.4, -0.2) is 19.6 Å². The molecule has 5 nitrogen and oxygen atoms in total. The molecule has 0 atom stereocenters. The Morgan fingerprint density at radius 2 is 1.65 bits per heavy atom. The molecule has 0 aliphatic heterocycles. The minimum absolute atomic E-state index is 0.338. The van der Waals surface area contributed by atoms with E-state index >= 15 is 0 Å². The number of hydrogen-bond acceptors (Lipinski definition) is 3. The molecule has 0 unspecified atom stereocenters. The van der Waals surface area contributed by atoms with E-state index in [-0.39, 0.29) is 5.82 Å². The van der Waals surface area contributed by atoms with Gasteiger partial charge >= 0.3 is 0 Å². The monoisotopic (exact) mass is 403 g/mol. The molecule has 31 heavy (non-hydrogen) atoms. The van der Waals surface area contributed by atoms with Gasteiger partial charge < -0.3 is 4.98 Å². The molecule has 0 saturated carbocycles. The lowest BCUT2D eigenvalue weighted by Gasteiger charge is -2.12. The van der Waals surface area contributed by atoms with Crippen LogP contribution in [0.4, 0.5) is 4.39 Å². The predicted molar refractivity (Wildman–Crippen MR) is 118 cm³/mol. The largest absolute Gasteiger partial charge is 0.360 e. The molecule has 3 heterocycles. The van der Waals surface area contributed by atoms with E-state index in [4.69, 9.17) is 10.1 Å². The number of nitrogens with zero attached hydrogens (tertiary/aromatic N) is 4. The fourth-order valence-corrected chi connectivity index (χ4v) is 4.11. The second-order valence-electron chi connectivity index (χ2n) is 7.30. The van der Waals surface area contributed by atoms with Crippen molar-refractivity contribution in [2.45, 2.75) is 0 Å². The molecular formula is C25H14FN5. The van der Waals surface area contributed by atoms with E-state index in [0.717, 1.165) is 27.4 Å². The van der Waals surface area contributed by atoms with Gasteiger partial charge in [-0.1, -0.05) is 30.3 Å². The number of hydrogen-bond donors (Lipinski definition) is 1. The first-order valence-electron chi connectivity index (χ1n) is 9.78. The summed E-state index contributed by atoms with van der Waals surface area (Å²) in [7, 11) is 0. The topological polar surface area (TPSA) is 69.8 Å². The number of rotatable bonds is 2. The van der Waals surface area contributed by atoms with Crippen molar-refractivity contribution < 1.29 is 4.39 Å². The van der Waals surface area contributed by atoms with Crippen molar-refractivity contribution in [3.63, 3.8) is 0 Å². The Morgan fingerprint density at radius 1 is 0.903 bits per heavy atom. The zero-order valence-corrected chi connectivity index (χ0v) is 16.2. The molecule has 1 N–H and O–H groups in total. The van der Waals surface area contributed by atoms with Crippen LogP contribution in [0.15, 0.2) is 79.0 Å². The summed E-state index contributed by atoms with van der Waals surface area (Å²) in [5.74, 6) is -0.338. The summed E-state index contributed by atoms with van der Waals surface area (Å²) in [6, 6.07) is 24.1. The Morgan fingerprint density at radius 3 is 2.45 bits per heavy atom. The van der Waals surface area contributed by atoms with Gasteiger partial charge in [-0.2, -0.15) is 10.4 Å². The lowest BCUT2D eigenvalue weighted by atomic mass is 10.00. The fourth-order valence-electron chi connectivity index (χ4n) is 4.11. The number of para-hydroxylation sites is 1. The molecule has 0 aliphatic carbocycles. The van der Waals surface area contributed by atoms with Crippen LogP contribution >= 0.6 is 0 Å². The maximum atomic E-state index is 13.6. The third-order valence-corrected chi connectivity index (χ3v) is 5.53. The predicted octanol–water partition coefficient (Wildman–Crippen LogP) is 5.71. The van der Waals surface area contributed by atoms with E-state index < -0.39 is 0 Å². The van der Waals surface area contributed by atoms with Crippen LogP contribution in [0, 0.1) is 17.1 Å². The van der Waals surface area contributed by atoms with Crippen molar-refractivity contribution in [1.29, 1.82) is 5.26 Å². The van der Waals surface area contributed by atoms with Gasteiger partial charge in [-0.05, 0) is 42.5 Å². The van der Waals surface area contributed by atoms with Gasteiger partial charge in [0.1, 0.15) is 17.4 Å². The van der Waals surface area contributed by atoms with Gasteiger partial charge in [0.05, 0.1) is 16.9 Å². The molecule has 3 aromatic heterocycles. The van der Waals surface area contributed by atoms with Gasteiger partial charge in [0.15, 0.2) is 5.65 Å². The Labute approximate surface area is 176 Å². The highest BCUT2D eigenvalue weighted by atomic mass is 19.1. The molecule has 146 valence electrons. The second-order valence-corrected chi connectivity index (χ2v) is 7.30. The maximum Gasteiger partial charge on any atom is 0.164 e. The Balaban J connectivity index is 1.80. The van der Waals surface area contributed by atoms with E-state index in [2.05, 4.69) is 11.1 Å². The zero-order valence-electron chi connectivity index (χ0n) is 16.2. The summed E-state index contributed by atoms with van der Waals surface area (Å²) in [5.41, 5.74) is 5.46. The van der Waals surface area contributed by atoms with Crippen molar-refractivity contribution in [1.82, 2.24) is 19.6 Å². The van der Waals surface area contributed by atoms with Crippen LogP contribution in [0.25, 0.3) is 50.0 Å². The number of nitrogens with one attached hydrogen (secondary N) is 1. The minimum atomic E-state index is -0.338. The van der Waals surface area contributed by atoms with Crippen molar-refractivity contribution in [2.75, 3.05) is 0 Å². The molecule has 0 fully saturated rings. The molecule has 3 aromatic carbocycles. The van der Waals surface area contributed by atoms with Gasteiger partial charge in [-0.15, -0.1) is 0 Å².